The summed E-state index contributed by atoms with van der Waals surface area (Å²) in [5.41, 5.74) is 0. The molecule has 2 fully saturated rings. The number of sulfonamides is 1. The zero-order chi connectivity index (χ0) is 14.3. The lowest BCUT2D eigenvalue weighted by atomic mass is 10.1. The molecule has 1 N–H and O–H groups in total. The Morgan fingerprint density at radius 3 is 2.67 bits per heavy atom. The Bertz CT molecular complexity index is 613. The maximum atomic E-state index is 12.9. The van der Waals surface area contributed by atoms with Gasteiger partial charge in [-0.05, 0) is 59.9 Å². The van der Waals surface area contributed by atoms with Crippen molar-refractivity contribution in [1.82, 2.24) is 9.62 Å². The lowest BCUT2D eigenvalue weighted by molar-refractivity contribution is 0.334. The molecule has 3 rings (SSSR count). The molecule has 0 amide bonds. The number of nitrogens with one attached hydrogen (secondary N) is 1. The van der Waals surface area contributed by atoms with Crippen LogP contribution in [0.15, 0.2) is 27.6 Å². The third-order valence-electron chi connectivity index (χ3n) is 4.05. The first-order valence-corrected chi connectivity index (χ1v) is 9.30. The molecule has 2 saturated heterocycles. The Labute approximate surface area is 144 Å². The van der Waals surface area contributed by atoms with Crippen molar-refractivity contribution >= 4 is 50.0 Å². The molecule has 2 unspecified atom stereocenters. The molecular formula is C13H17BrCl2N2O2S. The summed E-state index contributed by atoms with van der Waals surface area (Å²) < 4.78 is 28.2. The van der Waals surface area contributed by atoms with Crippen LogP contribution in [0.2, 0.25) is 5.02 Å². The molecule has 2 heterocycles. The number of halogens is 3. The van der Waals surface area contributed by atoms with Gasteiger partial charge in [0, 0.05) is 23.1 Å². The minimum absolute atomic E-state index is 0. The number of hydrogen-bond acceptors (Lipinski definition) is 3. The summed E-state index contributed by atoms with van der Waals surface area (Å²) in [5.74, 6) is 0. The topological polar surface area (TPSA) is 49.4 Å². The third-order valence-corrected chi connectivity index (χ3v) is 7.29. The highest BCUT2D eigenvalue weighted by atomic mass is 79.9. The van der Waals surface area contributed by atoms with E-state index in [1.165, 1.54) is 6.07 Å². The van der Waals surface area contributed by atoms with E-state index in [-0.39, 0.29) is 29.4 Å². The molecule has 8 heteroatoms. The fourth-order valence-electron chi connectivity index (χ4n) is 3.09. The summed E-state index contributed by atoms with van der Waals surface area (Å²) in [5, 5.41) is 3.74. The van der Waals surface area contributed by atoms with Gasteiger partial charge in [0.15, 0.2) is 0 Å². The molecule has 4 nitrogen and oxygen atoms in total. The van der Waals surface area contributed by atoms with E-state index in [2.05, 4.69) is 21.2 Å². The van der Waals surface area contributed by atoms with Crippen LogP contribution >= 0.6 is 39.9 Å². The highest BCUT2D eigenvalue weighted by Gasteiger charge is 2.43. The molecule has 0 saturated carbocycles. The lowest BCUT2D eigenvalue weighted by Gasteiger charge is -2.27. The van der Waals surface area contributed by atoms with Crippen molar-refractivity contribution in [2.45, 2.75) is 36.2 Å². The van der Waals surface area contributed by atoms with Gasteiger partial charge in [0.05, 0.1) is 9.92 Å². The maximum absolute atomic E-state index is 12.9. The van der Waals surface area contributed by atoms with Gasteiger partial charge in [0.25, 0.3) is 0 Å². The Balaban J connectivity index is 0.00000161. The normalized spacial score (nSPS) is 26.2. The first kappa shape index (κ1) is 17.5. The molecule has 21 heavy (non-hydrogen) atoms. The van der Waals surface area contributed by atoms with Crippen LogP contribution < -0.4 is 5.32 Å². The molecule has 0 radical (unpaired) electrons. The zero-order valence-electron chi connectivity index (χ0n) is 11.3. The second-order valence-electron chi connectivity index (χ2n) is 5.29. The SMILES string of the molecule is Cl.O=S(=O)(c1ccc(Br)c(Cl)c1)N1C2CCNCC1CC2. The van der Waals surface area contributed by atoms with Crippen molar-refractivity contribution in [3.63, 3.8) is 0 Å². The summed E-state index contributed by atoms with van der Waals surface area (Å²) in [7, 11) is -3.47. The number of fused-ring (bicyclic) bond motifs is 2. The van der Waals surface area contributed by atoms with Gasteiger partial charge in [0.1, 0.15) is 0 Å². The maximum Gasteiger partial charge on any atom is 0.243 e. The number of benzene rings is 1. The number of nitrogens with zero attached hydrogens (tertiary/aromatic N) is 1. The Morgan fingerprint density at radius 1 is 1.24 bits per heavy atom. The highest BCUT2D eigenvalue weighted by Crippen LogP contribution is 2.35. The summed E-state index contributed by atoms with van der Waals surface area (Å²) in [6.07, 6.45) is 2.76. The molecule has 2 aliphatic heterocycles. The van der Waals surface area contributed by atoms with Crippen molar-refractivity contribution in [2.24, 2.45) is 0 Å². The largest absolute Gasteiger partial charge is 0.315 e. The van der Waals surface area contributed by atoms with Gasteiger partial charge >= 0.3 is 0 Å². The molecule has 2 bridgehead atoms. The van der Waals surface area contributed by atoms with E-state index >= 15 is 0 Å². The average Bonchev–Trinajstić information content (AvgIpc) is 2.66. The standard InChI is InChI=1S/C13H16BrClN2O2S.ClH/c14-12-4-3-11(7-13(12)15)20(18,19)17-9-1-2-10(17)8-16-6-5-9;/h3-4,7,9-10,16H,1-2,5-6,8H2;1H. The van der Waals surface area contributed by atoms with Crippen LogP contribution in [0.25, 0.3) is 0 Å². The lowest BCUT2D eigenvalue weighted by Crippen LogP contribution is -2.42. The van der Waals surface area contributed by atoms with Gasteiger partial charge in [0.2, 0.25) is 10.0 Å². The van der Waals surface area contributed by atoms with Gasteiger partial charge in [-0.2, -0.15) is 4.31 Å². The second-order valence-corrected chi connectivity index (χ2v) is 8.39. The van der Waals surface area contributed by atoms with E-state index in [1.54, 1.807) is 16.4 Å². The van der Waals surface area contributed by atoms with E-state index in [0.29, 0.717) is 9.50 Å². The van der Waals surface area contributed by atoms with Crippen LogP contribution in [0.5, 0.6) is 0 Å². The Hall–Kier alpha value is 0.150. The van der Waals surface area contributed by atoms with Crippen molar-refractivity contribution in [3.05, 3.63) is 27.7 Å². The van der Waals surface area contributed by atoms with E-state index in [9.17, 15) is 8.42 Å². The van der Waals surface area contributed by atoms with Crippen LogP contribution in [0.4, 0.5) is 0 Å². The Morgan fingerprint density at radius 2 is 1.95 bits per heavy atom. The van der Waals surface area contributed by atoms with Crippen LogP contribution in [0.1, 0.15) is 19.3 Å². The smallest absolute Gasteiger partial charge is 0.243 e. The van der Waals surface area contributed by atoms with E-state index in [0.717, 1.165) is 32.4 Å². The summed E-state index contributed by atoms with van der Waals surface area (Å²) in [6, 6.07) is 5.01. The van der Waals surface area contributed by atoms with Gasteiger partial charge in [-0.1, -0.05) is 11.6 Å². The highest BCUT2D eigenvalue weighted by molar-refractivity contribution is 9.10. The van der Waals surface area contributed by atoms with Crippen LogP contribution in [-0.4, -0.2) is 37.9 Å². The van der Waals surface area contributed by atoms with E-state index in [4.69, 9.17) is 11.6 Å². The van der Waals surface area contributed by atoms with Crippen LogP contribution in [0, 0.1) is 0 Å². The second kappa shape index (κ2) is 6.72. The van der Waals surface area contributed by atoms with Crippen LogP contribution in [0.3, 0.4) is 0 Å². The Kier molecular flexibility index (Phi) is 5.60. The summed E-state index contributed by atoms with van der Waals surface area (Å²) in [6.45, 7) is 1.62. The molecule has 0 aliphatic carbocycles. The molecule has 2 aliphatic rings. The van der Waals surface area contributed by atoms with Gasteiger partial charge in [-0.3, -0.25) is 0 Å². The minimum Gasteiger partial charge on any atom is -0.315 e. The monoisotopic (exact) mass is 414 g/mol. The predicted octanol–water partition coefficient (Wildman–Crippen LogP) is 3.04. The predicted molar refractivity (Wildman–Crippen MR) is 89.7 cm³/mol. The molecule has 1 aromatic carbocycles. The van der Waals surface area contributed by atoms with Gasteiger partial charge in [-0.25, -0.2) is 8.42 Å². The fourth-order valence-corrected chi connectivity index (χ4v) is 5.51. The molecular weight excluding hydrogens is 399 g/mol. The number of rotatable bonds is 2. The molecule has 1 aromatic rings. The zero-order valence-corrected chi connectivity index (χ0v) is 15.2. The van der Waals surface area contributed by atoms with E-state index < -0.39 is 10.0 Å². The van der Waals surface area contributed by atoms with Crippen molar-refractivity contribution in [1.29, 1.82) is 0 Å². The summed E-state index contributed by atoms with van der Waals surface area (Å²) >= 11 is 9.33. The minimum atomic E-state index is -3.47. The van der Waals surface area contributed by atoms with Crippen molar-refractivity contribution in [2.75, 3.05) is 13.1 Å². The van der Waals surface area contributed by atoms with Crippen molar-refractivity contribution < 1.29 is 8.42 Å². The fraction of sp³-hybridized carbons (Fsp3) is 0.538. The van der Waals surface area contributed by atoms with E-state index in [1.807, 2.05) is 0 Å². The summed E-state index contributed by atoms with van der Waals surface area (Å²) in [4.78, 5) is 0.282. The third kappa shape index (κ3) is 3.26. The molecule has 2 atom stereocenters. The van der Waals surface area contributed by atoms with Gasteiger partial charge < -0.3 is 5.32 Å². The van der Waals surface area contributed by atoms with Gasteiger partial charge in [-0.15, -0.1) is 12.4 Å². The first-order valence-electron chi connectivity index (χ1n) is 6.69. The average molecular weight is 416 g/mol. The number of hydrogen-bond donors (Lipinski definition) is 1. The quantitative estimate of drug-likeness (QED) is 0.807. The molecule has 0 spiro atoms. The first-order chi connectivity index (χ1) is 9.50. The molecule has 118 valence electrons. The van der Waals surface area contributed by atoms with Crippen molar-refractivity contribution in [3.8, 4) is 0 Å². The van der Waals surface area contributed by atoms with Crippen LogP contribution in [-0.2, 0) is 10.0 Å². The molecule has 0 aromatic heterocycles.